The molecule has 0 atom stereocenters. The average molecular weight is 328 g/mol. The summed E-state index contributed by atoms with van der Waals surface area (Å²) in [5.74, 6) is 1.50. The molecule has 1 N–H and O–H groups in total. The maximum Gasteiger partial charge on any atom is 0.224 e. The van der Waals surface area contributed by atoms with Crippen LogP contribution in [0.4, 0.5) is 11.8 Å². The van der Waals surface area contributed by atoms with Gasteiger partial charge >= 0.3 is 0 Å². The lowest BCUT2D eigenvalue weighted by molar-refractivity contribution is 0.864. The summed E-state index contributed by atoms with van der Waals surface area (Å²) in [4.78, 5) is 15.0. The summed E-state index contributed by atoms with van der Waals surface area (Å²) in [7, 11) is 1.99. The predicted octanol–water partition coefficient (Wildman–Crippen LogP) is 2.76. The van der Waals surface area contributed by atoms with E-state index in [9.17, 15) is 0 Å². The number of aromatic nitrogens is 3. The van der Waals surface area contributed by atoms with Gasteiger partial charge in [0.1, 0.15) is 5.82 Å². The monoisotopic (exact) mass is 327 g/mol. The zero-order valence-corrected chi connectivity index (χ0v) is 12.6. The minimum absolute atomic E-state index is 0.640. The highest BCUT2D eigenvalue weighted by Gasteiger charge is 2.11. The maximum absolute atomic E-state index is 4.47. The third-order valence-electron chi connectivity index (χ3n) is 2.30. The van der Waals surface area contributed by atoms with Gasteiger partial charge in [0.15, 0.2) is 0 Å². The minimum Gasteiger partial charge on any atom is -0.354 e. The fourth-order valence-electron chi connectivity index (χ4n) is 1.50. The van der Waals surface area contributed by atoms with Crippen LogP contribution in [0, 0.1) is 0 Å². The number of hydrogen-bond acceptors (Lipinski definition) is 6. The van der Waals surface area contributed by atoms with E-state index in [1.165, 1.54) is 0 Å². The number of rotatable bonds is 5. The molecule has 0 amide bonds. The van der Waals surface area contributed by atoms with Gasteiger partial charge in [-0.25, -0.2) is 9.97 Å². The highest BCUT2D eigenvalue weighted by molar-refractivity contribution is 9.10. The zero-order chi connectivity index (χ0) is 13.0. The molecule has 0 saturated heterocycles. The van der Waals surface area contributed by atoms with Crippen LogP contribution >= 0.6 is 27.3 Å². The SMILES string of the molecule is CCNc1ncc(Br)c(N(C)Cc2cscn2)n1. The Bertz CT molecular complexity index is 502. The molecule has 18 heavy (non-hydrogen) atoms. The van der Waals surface area contributed by atoms with Gasteiger partial charge in [-0.3, -0.25) is 0 Å². The van der Waals surface area contributed by atoms with Crippen molar-refractivity contribution in [3.8, 4) is 0 Å². The molecule has 7 heteroatoms. The highest BCUT2D eigenvalue weighted by atomic mass is 79.9. The molecule has 96 valence electrons. The lowest BCUT2D eigenvalue weighted by Gasteiger charge is -2.18. The quantitative estimate of drug-likeness (QED) is 0.915. The van der Waals surface area contributed by atoms with E-state index in [4.69, 9.17) is 0 Å². The van der Waals surface area contributed by atoms with E-state index in [2.05, 4.69) is 36.2 Å². The van der Waals surface area contributed by atoms with Crippen LogP contribution in [0.1, 0.15) is 12.6 Å². The van der Waals surface area contributed by atoms with Crippen molar-refractivity contribution in [2.24, 2.45) is 0 Å². The highest BCUT2D eigenvalue weighted by Crippen LogP contribution is 2.24. The first kappa shape index (κ1) is 13.2. The first-order chi connectivity index (χ1) is 8.70. The summed E-state index contributed by atoms with van der Waals surface area (Å²) in [6.45, 7) is 3.55. The van der Waals surface area contributed by atoms with Gasteiger partial charge in [0.05, 0.1) is 22.2 Å². The molecule has 0 aliphatic rings. The molecule has 2 rings (SSSR count). The summed E-state index contributed by atoms with van der Waals surface area (Å²) in [6, 6.07) is 0. The van der Waals surface area contributed by atoms with Crippen LogP contribution in [0.3, 0.4) is 0 Å². The van der Waals surface area contributed by atoms with Crippen molar-refractivity contribution >= 4 is 39.0 Å². The van der Waals surface area contributed by atoms with Gasteiger partial charge in [-0.15, -0.1) is 11.3 Å². The largest absolute Gasteiger partial charge is 0.354 e. The first-order valence-electron chi connectivity index (χ1n) is 5.55. The van der Waals surface area contributed by atoms with E-state index in [0.29, 0.717) is 5.95 Å². The van der Waals surface area contributed by atoms with Crippen LogP contribution in [0.15, 0.2) is 21.6 Å². The number of nitrogens with one attached hydrogen (secondary N) is 1. The average Bonchev–Trinajstić information content (AvgIpc) is 2.84. The van der Waals surface area contributed by atoms with Crippen molar-refractivity contribution in [2.45, 2.75) is 13.5 Å². The minimum atomic E-state index is 0.640. The van der Waals surface area contributed by atoms with Crippen molar-refractivity contribution in [3.63, 3.8) is 0 Å². The molecule has 0 fully saturated rings. The summed E-state index contributed by atoms with van der Waals surface area (Å²) < 4.78 is 0.877. The Morgan fingerprint density at radius 3 is 2.94 bits per heavy atom. The van der Waals surface area contributed by atoms with Gasteiger partial charge in [0.25, 0.3) is 0 Å². The molecule has 0 aliphatic carbocycles. The van der Waals surface area contributed by atoms with E-state index in [1.54, 1.807) is 17.5 Å². The Balaban J connectivity index is 2.17. The summed E-state index contributed by atoms with van der Waals surface area (Å²) in [5.41, 5.74) is 2.88. The summed E-state index contributed by atoms with van der Waals surface area (Å²) in [6.07, 6.45) is 1.76. The van der Waals surface area contributed by atoms with Crippen molar-refractivity contribution < 1.29 is 0 Å². The van der Waals surface area contributed by atoms with Crippen LogP contribution in [0.2, 0.25) is 0 Å². The maximum atomic E-state index is 4.47. The number of halogens is 1. The topological polar surface area (TPSA) is 53.9 Å². The molecule has 0 aliphatic heterocycles. The third-order valence-corrected chi connectivity index (χ3v) is 3.50. The Hall–Kier alpha value is -1.21. The molecule has 0 saturated carbocycles. The molecule has 5 nitrogen and oxygen atoms in total. The van der Waals surface area contributed by atoms with Crippen LogP contribution in [0.5, 0.6) is 0 Å². The van der Waals surface area contributed by atoms with Gasteiger partial charge in [-0.1, -0.05) is 0 Å². The second-order valence-corrected chi connectivity index (χ2v) is 5.30. The second-order valence-electron chi connectivity index (χ2n) is 3.73. The van der Waals surface area contributed by atoms with E-state index < -0.39 is 0 Å². The molecule has 0 spiro atoms. The number of nitrogens with zero attached hydrogens (tertiary/aromatic N) is 4. The molecule has 0 unspecified atom stereocenters. The Labute approximate surface area is 118 Å². The lowest BCUT2D eigenvalue weighted by atomic mass is 10.4. The molecular weight excluding hydrogens is 314 g/mol. The normalized spacial score (nSPS) is 10.4. The van der Waals surface area contributed by atoms with Crippen LogP contribution in [0.25, 0.3) is 0 Å². The van der Waals surface area contributed by atoms with Gasteiger partial charge < -0.3 is 10.2 Å². The lowest BCUT2D eigenvalue weighted by Crippen LogP contribution is -2.19. The first-order valence-corrected chi connectivity index (χ1v) is 7.29. The third kappa shape index (κ3) is 3.17. The standard InChI is InChI=1S/C11H14BrN5S/c1-3-13-11-14-4-9(12)10(16-11)17(2)5-8-6-18-7-15-8/h4,6-7H,3,5H2,1-2H3,(H,13,14,16). The van der Waals surface area contributed by atoms with E-state index in [0.717, 1.165) is 29.1 Å². The number of hydrogen-bond donors (Lipinski definition) is 1. The zero-order valence-electron chi connectivity index (χ0n) is 10.2. The Morgan fingerprint density at radius 1 is 1.44 bits per heavy atom. The predicted molar refractivity (Wildman–Crippen MR) is 78.1 cm³/mol. The molecule has 2 aromatic rings. The van der Waals surface area contributed by atoms with Crippen molar-refractivity contribution in [2.75, 3.05) is 23.8 Å². The molecule has 2 heterocycles. The van der Waals surface area contributed by atoms with Gasteiger partial charge in [0, 0.05) is 25.2 Å². The molecule has 0 aromatic carbocycles. The van der Waals surface area contributed by atoms with Crippen LogP contribution in [-0.2, 0) is 6.54 Å². The molecule has 0 bridgehead atoms. The van der Waals surface area contributed by atoms with Gasteiger partial charge in [-0.05, 0) is 22.9 Å². The van der Waals surface area contributed by atoms with E-state index in [1.807, 2.05) is 29.8 Å². The number of anilines is 2. The Kier molecular flexibility index (Phi) is 4.48. The van der Waals surface area contributed by atoms with Crippen molar-refractivity contribution in [1.82, 2.24) is 15.0 Å². The molecule has 0 radical (unpaired) electrons. The number of thiazole rings is 1. The summed E-state index contributed by atoms with van der Waals surface area (Å²) >= 11 is 5.07. The molecular formula is C11H14BrN5S. The van der Waals surface area contributed by atoms with Crippen LogP contribution in [-0.4, -0.2) is 28.5 Å². The van der Waals surface area contributed by atoms with Gasteiger partial charge in [-0.2, -0.15) is 4.98 Å². The van der Waals surface area contributed by atoms with E-state index >= 15 is 0 Å². The van der Waals surface area contributed by atoms with E-state index in [-0.39, 0.29) is 0 Å². The van der Waals surface area contributed by atoms with Crippen molar-refractivity contribution in [3.05, 3.63) is 27.3 Å². The fraction of sp³-hybridized carbons (Fsp3) is 0.364. The second kappa shape index (κ2) is 6.10. The summed E-state index contributed by atoms with van der Waals surface area (Å²) in [5, 5.41) is 5.14. The molecule has 2 aromatic heterocycles. The smallest absolute Gasteiger partial charge is 0.224 e. The van der Waals surface area contributed by atoms with Gasteiger partial charge in [0.2, 0.25) is 5.95 Å². The fourth-order valence-corrected chi connectivity index (χ4v) is 2.55. The van der Waals surface area contributed by atoms with Crippen LogP contribution < -0.4 is 10.2 Å². The van der Waals surface area contributed by atoms with Crippen molar-refractivity contribution in [1.29, 1.82) is 0 Å². The Morgan fingerprint density at radius 2 is 2.28 bits per heavy atom.